The first-order valence-corrected chi connectivity index (χ1v) is 30.2. The van der Waals surface area contributed by atoms with Gasteiger partial charge in [-0.1, -0.05) is 89.5 Å². The lowest BCUT2D eigenvalue weighted by molar-refractivity contribution is -0.231. The monoisotopic (exact) mass is 1190 g/mol. The van der Waals surface area contributed by atoms with Crippen LogP contribution >= 0.6 is 0 Å². The lowest BCUT2D eigenvalue weighted by Gasteiger charge is -2.79. The number of terminal acetylenes is 10. The second-order valence-corrected chi connectivity index (χ2v) is 25.2. The molecule has 0 heterocycles. The second kappa shape index (κ2) is 25.4. The smallest absolute Gasteiger partial charge is 0.148 e. The molecule has 0 radical (unpaired) electrons. The average Bonchev–Trinajstić information content (AvgIpc) is 0.646. The largest absolute Gasteiger partial charge is 0.481 e. The number of benzene rings is 5. The third-order valence-electron chi connectivity index (χ3n) is 20.0. The molecule has 0 saturated heterocycles. The molecule has 0 spiro atoms. The zero-order chi connectivity index (χ0) is 63.0. The Morgan fingerprint density at radius 3 is 0.711 bits per heavy atom. The third kappa shape index (κ3) is 11.1. The van der Waals surface area contributed by atoms with Crippen LogP contribution in [-0.2, 0) is 27.1 Å². The minimum absolute atomic E-state index is 0.000555. The summed E-state index contributed by atoms with van der Waals surface area (Å²) in [4.78, 5) is 0. The van der Waals surface area contributed by atoms with Gasteiger partial charge in [0.05, 0.1) is 0 Å². The van der Waals surface area contributed by atoms with Gasteiger partial charge < -0.3 is 47.4 Å². The fourth-order valence-electron chi connectivity index (χ4n) is 18.7. The molecule has 0 aliphatic heterocycles. The Morgan fingerprint density at radius 1 is 0.256 bits per heavy atom. The Balaban J connectivity index is 1.25. The van der Waals surface area contributed by atoms with Crippen LogP contribution in [0.2, 0.25) is 0 Å². The van der Waals surface area contributed by atoms with Crippen molar-refractivity contribution in [3.63, 3.8) is 0 Å². The average molecular weight is 1190 g/mol. The summed E-state index contributed by atoms with van der Waals surface area (Å²) in [6.45, 7) is 0.372. The number of hydrogen-bond acceptors (Lipinski definition) is 10. The molecular weight excluding hydrogens is 1120 g/mol. The number of ether oxygens (including phenoxy) is 10. The molecule has 450 valence electrons. The van der Waals surface area contributed by atoms with E-state index in [-0.39, 0.29) is 72.0 Å². The normalized spacial score (nSPS) is 26.4. The van der Waals surface area contributed by atoms with E-state index in [4.69, 9.17) is 112 Å². The fourth-order valence-corrected chi connectivity index (χ4v) is 18.7. The zero-order valence-electron chi connectivity index (χ0n) is 50.6. The van der Waals surface area contributed by atoms with Crippen molar-refractivity contribution in [1.29, 1.82) is 0 Å². The summed E-state index contributed by atoms with van der Waals surface area (Å²) >= 11 is 0. The minimum atomic E-state index is -0.675. The van der Waals surface area contributed by atoms with Gasteiger partial charge in [0.25, 0.3) is 0 Å². The maximum absolute atomic E-state index is 6.80. The summed E-state index contributed by atoms with van der Waals surface area (Å²) < 4.78 is 64.6. The van der Waals surface area contributed by atoms with Gasteiger partial charge in [-0.2, -0.15) is 0 Å². The molecule has 8 saturated carbocycles. The van der Waals surface area contributed by atoms with Crippen molar-refractivity contribution in [2.45, 2.75) is 104 Å². The summed E-state index contributed by atoms with van der Waals surface area (Å²) in [5.74, 6) is 33.0. The molecule has 8 aliphatic carbocycles. The molecule has 90 heavy (non-hydrogen) atoms. The zero-order valence-corrected chi connectivity index (χ0v) is 50.6. The molecular formula is C80H70O10. The Hall–Kier alpha value is -10.3. The van der Waals surface area contributed by atoms with Gasteiger partial charge in [-0.05, 0) is 124 Å². The quantitative estimate of drug-likeness (QED) is 0.0499. The van der Waals surface area contributed by atoms with Crippen molar-refractivity contribution < 1.29 is 47.4 Å². The van der Waals surface area contributed by atoms with E-state index in [9.17, 15) is 0 Å². The first-order valence-electron chi connectivity index (χ1n) is 30.2. The SMILES string of the molecule is C#CCOc1ccc(C23CC4CC(c5ccc(OCC#C)cc5OCC#C)(C2)CC(C25CC6(c7ccc(OCC#C)cc7OCC#C)CC(c7ccc(OCC#C)cc7OCC#C)(CC(c7ccc(OCC#C)cc7OCC#C)(C6)C2)C5)(C4)C3)c(OCC#C)c1. The standard InChI is InChI=1S/C80H70O10/c1-11-31-81-59-21-26-64(69(41-59)86-36-16-6)74-46-58-47-75(49-74,65-27-22-60(82-32-12-2)42-70(65)87-37-17-7)54-79(48-58,53-74)80-55-76(66-28-23-61(83-33-13-3)43-71(66)88-38-18-8)50-77(56-80,67-29-24-62(84-34-14-4)44-72(67)89-39-19-9)52-78(51-76,57-80)68-30-25-63(85-35-15-5)45-73(68)90-40-20-10/h1-10,21-30,41-45,58H,31-40,46-57H2. The van der Waals surface area contributed by atoms with Crippen LogP contribution in [0.25, 0.3) is 0 Å². The van der Waals surface area contributed by atoms with E-state index in [1.165, 1.54) is 0 Å². The lowest BCUT2D eigenvalue weighted by atomic mass is 9.24. The van der Waals surface area contributed by atoms with Gasteiger partial charge in [0.2, 0.25) is 0 Å². The Kier molecular flexibility index (Phi) is 17.3. The van der Waals surface area contributed by atoms with E-state index in [2.05, 4.69) is 89.5 Å². The molecule has 8 bridgehead atoms. The maximum Gasteiger partial charge on any atom is 0.148 e. The number of rotatable bonds is 26. The summed E-state index contributed by atoms with van der Waals surface area (Å²) in [5.41, 5.74) is 1.06. The van der Waals surface area contributed by atoms with E-state index in [1.54, 1.807) is 0 Å². The molecule has 5 aromatic carbocycles. The summed E-state index contributed by atoms with van der Waals surface area (Å²) in [7, 11) is 0. The lowest BCUT2D eigenvalue weighted by Crippen LogP contribution is -2.73. The van der Waals surface area contributed by atoms with Crippen LogP contribution in [0.1, 0.15) is 105 Å². The molecule has 0 aromatic heterocycles. The Labute approximate surface area is 531 Å². The van der Waals surface area contributed by atoms with Gasteiger partial charge in [0.1, 0.15) is 124 Å². The van der Waals surface area contributed by atoms with Crippen molar-refractivity contribution in [2.75, 3.05) is 66.1 Å². The topological polar surface area (TPSA) is 92.3 Å². The Morgan fingerprint density at radius 2 is 0.467 bits per heavy atom. The predicted molar refractivity (Wildman–Crippen MR) is 348 cm³/mol. The first-order chi connectivity index (χ1) is 43.8. The van der Waals surface area contributed by atoms with Crippen molar-refractivity contribution >= 4 is 0 Å². The molecule has 8 fully saturated rings. The van der Waals surface area contributed by atoms with E-state index in [0.29, 0.717) is 76.8 Å². The van der Waals surface area contributed by atoms with Crippen LogP contribution in [0.15, 0.2) is 91.0 Å². The van der Waals surface area contributed by atoms with Crippen LogP contribution in [0.3, 0.4) is 0 Å². The molecule has 2 unspecified atom stereocenters. The highest BCUT2D eigenvalue weighted by Crippen LogP contribution is 2.85. The van der Waals surface area contributed by atoms with Crippen LogP contribution in [-0.4, -0.2) is 66.1 Å². The highest BCUT2D eigenvalue weighted by atomic mass is 16.5. The van der Waals surface area contributed by atoms with Crippen LogP contribution in [0, 0.1) is 140 Å². The highest BCUT2D eigenvalue weighted by Gasteiger charge is 2.78. The molecule has 0 amide bonds. The van der Waals surface area contributed by atoms with Gasteiger partial charge in [-0.3, -0.25) is 0 Å². The van der Waals surface area contributed by atoms with Crippen LogP contribution < -0.4 is 47.4 Å². The van der Waals surface area contributed by atoms with Gasteiger partial charge in [-0.15, -0.1) is 64.2 Å². The minimum Gasteiger partial charge on any atom is -0.481 e. The predicted octanol–water partition coefficient (Wildman–Crippen LogP) is 12.1. The number of hydrogen-bond donors (Lipinski definition) is 0. The summed E-state index contributed by atoms with van der Waals surface area (Å²) in [6, 6.07) is 30.6. The molecule has 0 N–H and O–H groups in total. The maximum atomic E-state index is 6.80. The fraction of sp³-hybridized carbons (Fsp3) is 0.375. The Bertz CT molecular complexity index is 3690. The van der Waals surface area contributed by atoms with Crippen molar-refractivity contribution in [1.82, 2.24) is 0 Å². The van der Waals surface area contributed by atoms with E-state index < -0.39 is 37.9 Å². The van der Waals surface area contributed by atoms with Crippen LogP contribution in [0.5, 0.6) is 57.5 Å². The van der Waals surface area contributed by atoms with Crippen molar-refractivity contribution in [3.8, 4) is 181 Å². The molecule has 13 rings (SSSR count). The van der Waals surface area contributed by atoms with E-state index in [0.717, 1.165) is 85.6 Å². The van der Waals surface area contributed by atoms with Gasteiger partial charge in [-0.25, -0.2) is 0 Å². The molecule has 8 aliphatic rings. The molecule has 2 atom stereocenters. The van der Waals surface area contributed by atoms with E-state index in [1.807, 2.05) is 60.7 Å². The van der Waals surface area contributed by atoms with Gasteiger partial charge in [0, 0.05) is 85.2 Å². The van der Waals surface area contributed by atoms with Crippen LogP contribution in [0.4, 0.5) is 0 Å². The molecule has 5 aromatic rings. The molecule has 10 nitrogen and oxygen atoms in total. The van der Waals surface area contributed by atoms with Crippen molar-refractivity contribution in [2.24, 2.45) is 16.7 Å². The summed E-state index contributed by atoms with van der Waals surface area (Å²) in [5, 5.41) is 0. The van der Waals surface area contributed by atoms with Gasteiger partial charge >= 0.3 is 0 Å². The third-order valence-corrected chi connectivity index (χ3v) is 20.0. The summed E-state index contributed by atoms with van der Waals surface area (Å²) in [6.07, 6.45) is 68.5. The first kappa shape index (κ1) is 61.4. The second-order valence-electron chi connectivity index (χ2n) is 25.2. The highest BCUT2D eigenvalue weighted by molar-refractivity contribution is 5.59. The van der Waals surface area contributed by atoms with Gasteiger partial charge in [0.15, 0.2) is 0 Å². The van der Waals surface area contributed by atoms with Crippen molar-refractivity contribution in [3.05, 3.63) is 119 Å². The molecule has 10 heteroatoms. The van der Waals surface area contributed by atoms with E-state index >= 15 is 0 Å².